The van der Waals surface area contributed by atoms with E-state index in [1.807, 2.05) is 6.07 Å². The summed E-state index contributed by atoms with van der Waals surface area (Å²) in [4.78, 5) is 25.1. The summed E-state index contributed by atoms with van der Waals surface area (Å²) in [6.45, 7) is 1.49. The summed E-state index contributed by atoms with van der Waals surface area (Å²) in [6, 6.07) is 4.96. The largest absolute Gasteiger partial charge is 0.486 e. The van der Waals surface area contributed by atoms with Crippen LogP contribution >= 0.6 is 0 Å². The average molecular weight is 291 g/mol. The van der Waals surface area contributed by atoms with E-state index < -0.39 is 0 Å². The monoisotopic (exact) mass is 291 g/mol. The van der Waals surface area contributed by atoms with Crippen LogP contribution in [0.5, 0.6) is 11.5 Å². The van der Waals surface area contributed by atoms with Crippen molar-refractivity contribution in [1.29, 1.82) is 0 Å². The topological polar surface area (TPSA) is 79.9 Å². The highest BCUT2D eigenvalue weighted by atomic mass is 16.6. The molecule has 7 heteroatoms. The van der Waals surface area contributed by atoms with E-state index in [1.54, 1.807) is 24.1 Å². The highest BCUT2D eigenvalue weighted by Gasteiger charge is 2.32. The lowest BCUT2D eigenvalue weighted by atomic mass is 10.2. The first-order valence-corrected chi connectivity index (χ1v) is 6.85. The van der Waals surface area contributed by atoms with Gasteiger partial charge in [-0.15, -0.1) is 0 Å². The molecule has 1 saturated heterocycles. The number of ether oxygens (including phenoxy) is 2. The van der Waals surface area contributed by atoms with Gasteiger partial charge in [0.2, 0.25) is 5.91 Å². The quantitative estimate of drug-likeness (QED) is 0.831. The molecule has 1 fully saturated rings. The minimum Gasteiger partial charge on any atom is -0.486 e. The second kappa shape index (κ2) is 5.51. The van der Waals surface area contributed by atoms with Crippen molar-refractivity contribution in [3.8, 4) is 11.5 Å². The molecule has 112 valence electrons. The molecule has 1 atom stereocenters. The number of carbonyl (C=O) groups is 2. The van der Waals surface area contributed by atoms with E-state index in [0.29, 0.717) is 37.7 Å². The molecule has 3 amide bonds. The van der Waals surface area contributed by atoms with Gasteiger partial charge in [-0.1, -0.05) is 0 Å². The minimum atomic E-state index is -0.281. The zero-order chi connectivity index (χ0) is 14.8. The zero-order valence-corrected chi connectivity index (χ0v) is 11.7. The standard InChI is InChI=1S/C14H17N3O4/c1-15-14(19)16-9-6-13(18)17(8-9)10-2-3-11-12(7-10)21-5-4-20-11/h2-3,7,9H,4-6,8H2,1H3,(H2,15,16,19)/t9-/m0/s1. The number of rotatable bonds is 2. The zero-order valence-electron chi connectivity index (χ0n) is 11.7. The summed E-state index contributed by atoms with van der Waals surface area (Å²) >= 11 is 0. The van der Waals surface area contributed by atoms with Crippen molar-refractivity contribution in [2.45, 2.75) is 12.5 Å². The van der Waals surface area contributed by atoms with Crippen LogP contribution in [-0.4, -0.2) is 44.8 Å². The lowest BCUT2D eigenvalue weighted by Gasteiger charge is -2.22. The molecule has 0 unspecified atom stereocenters. The fourth-order valence-corrected chi connectivity index (χ4v) is 2.51. The van der Waals surface area contributed by atoms with Gasteiger partial charge < -0.3 is 25.0 Å². The van der Waals surface area contributed by atoms with Crippen LogP contribution in [0.25, 0.3) is 0 Å². The van der Waals surface area contributed by atoms with Crippen molar-refractivity contribution in [3.05, 3.63) is 18.2 Å². The Balaban J connectivity index is 1.75. The number of benzene rings is 1. The number of anilines is 1. The summed E-state index contributed by atoms with van der Waals surface area (Å²) in [5.74, 6) is 1.32. The second-order valence-electron chi connectivity index (χ2n) is 4.96. The Labute approximate surface area is 122 Å². The third-order valence-corrected chi connectivity index (χ3v) is 3.52. The van der Waals surface area contributed by atoms with Crippen molar-refractivity contribution < 1.29 is 19.1 Å². The summed E-state index contributed by atoms with van der Waals surface area (Å²) in [5.41, 5.74) is 0.755. The van der Waals surface area contributed by atoms with Gasteiger partial charge in [-0.25, -0.2) is 4.79 Å². The third kappa shape index (κ3) is 2.72. The molecule has 21 heavy (non-hydrogen) atoms. The van der Waals surface area contributed by atoms with Crippen LogP contribution in [0, 0.1) is 0 Å². The Morgan fingerprint density at radius 2 is 2.05 bits per heavy atom. The SMILES string of the molecule is CNC(=O)N[C@H]1CC(=O)N(c2ccc3c(c2)OCCO3)C1. The van der Waals surface area contributed by atoms with Gasteiger partial charge in [0, 0.05) is 31.8 Å². The van der Waals surface area contributed by atoms with E-state index in [0.717, 1.165) is 5.69 Å². The van der Waals surface area contributed by atoms with E-state index >= 15 is 0 Å². The molecular formula is C14H17N3O4. The van der Waals surface area contributed by atoms with Crippen molar-refractivity contribution in [2.24, 2.45) is 0 Å². The molecule has 0 aromatic heterocycles. The van der Waals surface area contributed by atoms with Crippen molar-refractivity contribution in [3.63, 3.8) is 0 Å². The third-order valence-electron chi connectivity index (χ3n) is 3.52. The number of hydrogen-bond acceptors (Lipinski definition) is 4. The minimum absolute atomic E-state index is 0.0203. The molecule has 0 saturated carbocycles. The van der Waals surface area contributed by atoms with Crippen LogP contribution in [0.2, 0.25) is 0 Å². The molecule has 0 aliphatic carbocycles. The maximum absolute atomic E-state index is 12.1. The van der Waals surface area contributed by atoms with Gasteiger partial charge in [-0.05, 0) is 12.1 Å². The lowest BCUT2D eigenvalue weighted by molar-refractivity contribution is -0.117. The van der Waals surface area contributed by atoms with Gasteiger partial charge in [-0.2, -0.15) is 0 Å². The fourth-order valence-electron chi connectivity index (χ4n) is 2.51. The van der Waals surface area contributed by atoms with Crippen LogP contribution in [0.4, 0.5) is 10.5 Å². The molecule has 3 rings (SSSR count). The second-order valence-corrected chi connectivity index (χ2v) is 4.96. The number of nitrogens with one attached hydrogen (secondary N) is 2. The lowest BCUT2D eigenvalue weighted by Crippen LogP contribution is -2.41. The van der Waals surface area contributed by atoms with E-state index in [4.69, 9.17) is 9.47 Å². The summed E-state index contributed by atoms with van der Waals surface area (Å²) in [7, 11) is 1.55. The van der Waals surface area contributed by atoms with Crippen LogP contribution in [0.1, 0.15) is 6.42 Å². The molecule has 7 nitrogen and oxygen atoms in total. The number of fused-ring (bicyclic) bond motifs is 1. The van der Waals surface area contributed by atoms with Gasteiger partial charge in [-0.3, -0.25) is 4.79 Å². The Morgan fingerprint density at radius 3 is 2.81 bits per heavy atom. The van der Waals surface area contributed by atoms with Crippen LogP contribution < -0.4 is 25.0 Å². The van der Waals surface area contributed by atoms with Crippen LogP contribution in [-0.2, 0) is 4.79 Å². The van der Waals surface area contributed by atoms with E-state index in [2.05, 4.69) is 10.6 Å². The van der Waals surface area contributed by atoms with E-state index in [-0.39, 0.29) is 18.0 Å². The molecule has 0 radical (unpaired) electrons. The predicted molar refractivity (Wildman–Crippen MR) is 75.8 cm³/mol. The van der Waals surface area contributed by atoms with Crippen molar-refractivity contribution >= 4 is 17.6 Å². The van der Waals surface area contributed by atoms with Gasteiger partial charge in [0.25, 0.3) is 0 Å². The normalized spacial score (nSPS) is 20.3. The first-order valence-electron chi connectivity index (χ1n) is 6.85. The van der Waals surface area contributed by atoms with E-state index in [9.17, 15) is 9.59 Å². The molecule has 2 aliphatic heterocycles. The predicted octanol–water partition coefficient (Wildman–Crippen LogP) is 0.492. The molecule has 1 aromatic rings. The van der Waals surface area contributed by atoms with Crippen LogP contribution in [0.15, 0.2) is 18.2 Å². The Morgan fingerprint density at radius 1 is 1.29 bits per heavy atom. The number of urea groups is 1. The molecule has 0 bridgehead atoms. The molecule has 1 aromatic carbocycles. The number of nitrogens with zero attached hydrogens (tertiary/aromatic N) is 1. The highest BCUT2D eigenvalue weighted by Crippen LogP contribution is 2.35. The number of amides is 3. The van der Waals surface area contributed by atoms with Gasteiger partial charge in [0.05, 0.1) is 6.04 Å². The Bertz CT molecular complexity index is 575. The molecule has 0 spiro atoms. The average Bonchev–Trinajstić information content (AvgIpc) is 2.87. The smallest absolute Gasteiger partial charge is 0.314 e. The first kappa shape index (κ1) is 13.5. The molecule has 2 heterocycles. The Kier molecular flexibility index (Phi) is 3.55. The van der Waals surface area contributed by atoms with Gasteiger partial charge in [0.1, 0.15) is 13.2 Å². The summed E-state index contributed by atoms with van der Waals surface area (Å²) in [6.07, 6.45) is 0.294. The maximum atomic E-state index is 12.1. The summed E-state index contributed by atoms with van der Waals surface area (Å²) < 4.78 is 11.0. The number of carbonyl (C=O) groups excluding carboxylic acids is 2. The maximum Gasteiger partial charge on any atom is 0.314 e. The first-order chi connectivity index (χ1) is 10.2. The van der Waals surface area contributed by atoms with Crippen molar-refractivity contribution in [2.75, 3.05) is 31.7 Å². The summed E-state index contributed by atoms with van der Waals surface area (Å²) in [5, 5.41) is 5.24. The van der Waals surface area contributed by atoms with Gasteiger partial charge >= 0.3 is 6.03 Å². The van der Waals surface area contributed by atoms with Gasteiger partial charge in [0.15, 0.2) is 11.5 Å². The van der Waals surface area contributed by atoms with Crippen molar-refractivity contribution in [1.82, 2.24) is 10.6 Å². The molecular weight excluding hydrogens is 274 g/mol. The molecule has 2 aliphatic rings. The Hall–Kier alpha value is -2.44. The van der Waals surface area contributed by atoms with E-state index in [1.165, 1.54) is 0 Å². The fraction of sp³-hybridized carbons (Fsp3) is 0.429. The number of hydrogen-bond donors (Lipinski definition) is 2. The van der Waals surface area contributed by atoms with Crippen LogP contribution in [0.3, 0.4) is 0 Å². The highest BCUT2D eigenvalue weighted by molar-refractivity contribution is 5.97. The molecule has 2 N–H and O–H groups in total.